The summed E-state index contributed by atoms with van der Waals surface area (Å²) in [6, 6.07) is 7.82. The molecule has 0 heterocycles. The highest BCUT2D eigenvalue weighted by Crippen LogP contribution is 2.25. The highest BCUT2D eigenvalue weighted by atomic mass is 79.9. The minimum atomic E-state index is -0.481. The van der Waals surface area contributed by atoms with E-state index in [1.807, 2.05) is 38.1 Å². The van der Waals surface area contributed by atoms with E-state index in [4.69, 9.17) is 0 Å². The van der Waals surface area contributed by atoms with E-state index in [1.54, 1.807) is 0 Å². The zero-order valence-electron chi connectivity index (χ0n) is 10.0. The standard InChI is InChI=1S/C13H18BrNO/c1-4-8-13(3,14)12(16)15-11-7-5-6-10(2)9-11/h5-7,9H,4,8H2,1-3H3,(H,15,16). The van der Waals surface area contributed by atoms with Crippen molar-refractivity contribution in [1.29, 1.82) is 0 Å². The molecule has 0 aliphatic rings. The summed E-state index contributed by atoms with van der Waals surface area (Å²) in [5, 5.41) is 2.92. The first-order valence-corrected chi connectivity index (χ1v) is 6.32. The van der Waals surface area contributed by atoms with Gasteiger partial charge in [-0.15, -0.1) is 0 Å². The van der Waals surface area contributed by atoms with Gasteiger partial charge in [-0.25, -0.2) is 0 Å². The Morgan fingerprint density at radius 1 is 1.50 bits per heavy atom. The molecule has 16 heavy (non-hydrogen) atoms. The summed E-state index contributed by atoms with van der Waals surface area (Å²) < 4.78 is -0.481. The summed E-state index contributed by atoms with van der Waals surface area (Å²) in [6.45, 7) is 5.98. The zero-order valence-corrected chi connectivity index (χ0v) is 11.6. The van der Waals surface area contributed by atoms with Gasteiger partial charge in [0.15, 0.2) is 0 Å². The van der Waals surface area contributed by atoms with Crippen LogP contribution in [-0.4, -0.2) is 10.2 Å². The molecule has 1 amide bonds. The average molecular weight is 284 g/mol. The minimum Gasteiger partial charge on any atom is -0.325 e. The summed E-state index contributed by atoms with van der Waals surface area (Å²) in [7, 11) is 0. The summed E-state index contributed by atoms with van der Waals surface area (Å²) in [4.78, 5) is 12.0. The van der Waals surface area contributed by atoms with Crippen LogP contribution in [0.4, 0.5) is 5.69 Å². The van der Waals surface area contributed by atoms with Crippen LogP contribution in [0.1, 0.15) is 32.3 Å². The van der Waals surface area contributed by atoms with Crippen LogP contribution in [0.5, 0.6) is 0 Å². The van der Waals surface area contributed by atoms with Crippen molar-refractivity contribution in [3.05, 3.63) is 29.8 Å². The van der Waals surface area contributed by atoms with Gasteiger partial charge in [0.05, 0.1) is 0 Å². The number of nitrogens with one attached hydrogen (secondary N) is 1. The second-order valence-corrected chi connectivity index (χ2v) is 6.02. The smallest absolute Gasteiger partial charge is 0.240 e. The van der Waals surface area contributed by atoms with E-state index in [2.05, 4.69) is 28.2 Å². The molecule has 1 atom stereocenters. The molecule has 0 aromatic heterocycles. The maximum Gasteiger partial charge on any atom is 0.240 e. The van der Waals surface area contributed by atoms with Crippen LogP contribution in [0.15, 0.2) is 24.3 Å². The Hall–Kier alpha value is -0.830. The lowest BCUT2D eigenvalue weighted by molar-refractivity contribution is -0.118. The van der Waals surface area contributed by atoms with Crippen molar-refractivity contribution in [3.8, 4) is 0 Å². The summed E-state index contributed by atoms with van der Waals surface area (Å²) >= 11 is 3.47. The number of amides is 1. The SMILES string of the molecule is CCCC(C)(Br)C(=O)Nc1cccc(C)c1. The summed E-state index contributed by atoms with van der Waals surface area (Å²) in [5.41, 5.74) is 2.00. The number of aryl methyl sites for hydroxylation is 1. The maximum absolute atomic E-state index is 12.0. The number of carbonyl (C=O) groups excluding carboxylic acids is 1. The molecule has 1 unspecified atom stereocenters. The lowest BCUT2D eigenvalue weighted by Gasteiger charge is -2.20. The maximum atomic E-state index is 12.0. The van der Waals surface area contributed by atoms with Gasteiger partial charge in [-0.1, -0.05) is 41.4 Å². The van der Waals surface area contributed by atoms with Gasteiger partial charge in [0.2, 0.25) is 5.91 Å². The average Bonchev–Trinajstić information content (AvgIpc) is 2.17. The number of alkyl halides is 1. The first kappa shape index (κ1) is 13.2. The number of halogens is 1. The van der Waals surface area contributed by atoms with Gasteiger partial charge in [-0.05, 0) is 38.0 Å². The Labute approximate surface area is 106 Å². The molecule has 1 aromatic carbocycles. The van der Waals surface area contributed by atoms with Crippen LogP contribution < -0.4 is 5.32 Å². The minimum absolute atomic E-state index is 0.0138. The lowest BCUT2D eigenvalue weighted by atomic mass is 10.0. The first-order valence-electron chi connectivity index (χ1n) is 5.53. The van der Waals surface area contributed by atoms with E-state index >= 15 is 0 Å². The van der Waals surface area contributed by atoms with Crippen molar-refractivity contribution in [2.24, 2.45) is 0 Å². The van der Waals surface area contributed by atoms with Gasteiger partial charge in [0.25, 0.3) is 0 Å². The van der Waals surface area contributed by atoms with Crippen molar-refractivity contribution in [1.82, 2.24) is 0 Å². The third-order valence-electron chi connectivity index (χ3n) is 2.47. The monoisotopic (exact) mass is 283 g/mol. The van der Waals surface area contributed by atoms with E-state index in [9.17, 15) is 4.79 Å². The van der Waals surface area contributed by atoms with Gasteiger partial charge in [0, 0.05) is 5.69 Å². The fourth-order valence-electron chi connectivity index (χ4n) is 1.57. The van der Waals surface area contributed by atoms with Crippen molar-refractivity contribution >= 4 is 27.5 Å². The van der Waals surface area contributed by atoms with Gasteiger partial charge >= 0.3 is 0 Å². The van der Waals surface area contributed by atoms with E-state index < -0.39 is 4.32 Å². The number of anilines is 1. The predicted molar refractivity (Wildman–Crippen MR) is 72.0 cm³/mol. The fourth-order valence-corrected chi connectivity index (χ4v) is 2.06. The van der Waals surface area contributed by atoms with Gasteiger partial charge in [-0.3, -0.25) is 4.79 Å². The molecule has 0 fully saturated rings. The van der Waals surface area contributed by atoms with Crippen LogP contribution in [0.3, 0.4) is 0 Å². The molecule has 1 rings (SSSR count). The molecule has 3 heteroatoms. The van der Waals surface area contributed by atoms with E-state index in [1.165, 1.54) is 0 Å². The molecule has 0 saturated carbocycles. The van der Waals surface area contributed by atoms with Gasteiger partial charge in [-0.2, -0.15) is 0 Å². The Bertz CT molecular complexity index is 374. The zero-order chi connectivity index (χ0) is 12.2. The Morgan fingerprint density at radius 2 is 2.19 bits per heavy atom. The summed E-state index contributed by atoms with van der Waals surface area (Å²) in [6.07, 6.45) is 1.80. The van der Waals surface area contributed by atoms with E-state index in [-0.39, 0.29) is 5.91 Å². The number of hydrogen-bond donors (Lipinski definition) is 1. The highest BCUT2D eigenvalue weighted by molar-refractivity contribution is 9.10. The molecule has 1 aromatic rings. The molecule has 0 spiro atoms. The molecule has 1 N–H and O–H groups in total. The Balaban J connectivity index is 2.71. The molecule has 88 valence electrons. The number of rotatable bonds is 4. The lowest BCUT2D eigenvalue weighted by Crippen LogP contribution is -2.34. The molecule has 0 saturated heterocycles. The molecular formula is C13H18BrNO. The van der Waals surface area contributed by atoms with Gasteiger partial charge in [0.1, 0.15) is 4.32 Å². The van der Waals surface area contributed by atoms with E-state index in [0.29, 0.717) is 0 Å². The van der Waals surface area contributed by atoms with Gasteiger partial charge < -0.3 is 5.32 Å². The van der Waals surface area contributed by atoms with E-state index in [0.717, 1.165) is 24.1 Å². The van der Waals surface area contributed by atoms with Crippen LogP contribution in [0.2, 0.25) is 0 Å². The van der Waals surface area contributed by atoms with Crippen LogP contribution in [0.25, 0.3) is 0 Å². The number of benzene rings is 1. The first-order chi connectivity index (χ1) is 7.45. The third-order valence-corrected chi connectivity index (χ3v) is 3.23. The number of carbonyl (C=O) groups is 1. The molecule has 0 aliphatic carbocycles. The molecule has 0 radical (unpaired) electrons. The molecule has 0 bridgehead atoms. The van der Waals surface area contributed by atoms with Crippen LogP contribution in [0, 0.1) is 6.92 Å². The topological polar surface area (TPSA) is 29.1 Å². The van der Waals surface area contributed by atoms with Crippen molar-refractivity contribution in [2.45, 2.75) is 37.9 Å². The second-order valence-electron chi connectivity index (χ2n) is 4.27. The molecule has 2 nitrogen and oxygen atoms in total. The Kier molecular flexibility index (Phi) is 4.54. The van der Waals surface area contributed by atoms with Crippen molar-refractivity contribution in [3.63, 3.8) is 0 Å². The molecule has 0 aliphatic heterocycles. The van der Waals surface area contributed by atoms with Crippen LogP contribution >= 0.6 is 15.9 Å². The number of hydrogen-bond acceptors (Lipinski definition) is 1. The quantitative estimate of drug-likeness (QED) is 0.835. The highest BCUT2D eigenvalue weighted by Gasteiger charge is 2.28. The van der Waals surface area contributed by atoms with Crippen molar-refractivity contribution < 1.29 is 4.79 Å². The fraction of sp³-hybridized carbons (Fsp3) is 0.462. The van der Waals surface area contributed by atoms with Crippen LogP contribution in [-0.2, 0) is 4.79 Å². The van der Waals surface area contributed by atoms with Crippen molar-refractivity contribution in [2.75, 3.05) is 5.32 Å². The largest absolute Gasteiger partial charge is 0.325 e. The molecular weight excluding hydrogens is 266 g/mol. The normalized spacial score (nSPS) is 14.2. The third kappa shape index (κ3) is 3.63. The Morgan fingerprint density at radius 3 is 2.75 bits per heavy atom. The predicted octanol–water partition coefficient (Wildman–Crippen LogP) is 3.89. The summed E-state index contributed by atoms with van der Waals surface area (Å²) in [5.74, 6) is 0.0138. The second kappa shape index (κ2) is 5.48.